The van der Waals surface area contributed by atoms with Gasteiger partial charge in [0.1, 0.15) is 0 Å². The van der Waals surface area contributed by atoms with Gasteiger partial charge in [0.15, 0.2) is 0 Å². The molecular formula is C17H25NO3. The quantitative estimate of drug-likeness (QED) is 0.836. The SMILES string of the molecule is CCC1(COCc2ccccn2)CCC2(CCOCC2)O1. The minimum absolute atomic E-state index is 0.0443. The van der Waals surface area contributed by atoms with Crippen molar-refractivity contribution in [2.24, 2.45) is 0 Å². The molecule has 0 aromatic carbocycles. The topological polar surface area (TPSA) is 40.6 Å². The molecule has 3 heterocycles. The van der Waals surface area contributed by atoms with Crippen molar-refractivity contribution in [2.45, 2.75) is 56.8 Å². The van der Waals surface area contributed by atoms with Gasteiger partial charge in [0, 0.05) is 19.4 Å². The normalized spacial score (nSPS) is 28.0. The van der Waals surface area contributed by atoms with Crippen LogP contribution in [0.1, 0.15) is 44.7 Å². The Morgan fingerprint density at radius 3 is 2.76 bits per heavy atom. The van der Waals surface area contributed by atoms with Gasteiger partial charge in [0.2, 0.25) is 0 Å². The van der Waals surface area contributed by atoms with E-state index in [2.05, 4.69) is 11.9 Å². The number of hydrogen-bond donors (Lipinski definition) is 0. The lowest BCUT2D eigenvalue weighted by Crippen LogP contribution is -2.42. The van der Waals surface area contributed by atoms with Crippen molar-refractivity contribution in [1.29, 1.82) is 0 Å². The highest BCUT2D eigenvalue weighted by Crippen LogP contribution is 2.45. The van der Waals surface area contributed by atoms with E-state index >= 15 is 0 Å². The van der Waals surface area contributed by atoms with Crippen LogP contribution in [0.25, 0.3) is 0 Å². The van der Waals surface area contributed by atoms with Gasteiger partial charge in [-0.15, -0.1) is 0 Å². The summed E-state index contributed by atoms with van der Waals surface area (Å²) in [7, 11) is 0. The highest BCUT2D eigenvalue weighted by molar-refractivity contribution is 5.02. The molecule has 1 atom stereocenters. The van der Waals surface area contributed by atoms with E-state index in [1.54, 1.807) is 6.20 Å². The average Bonchev–Trinajstić information content (AvgIpc) is 2.88. The lowest BCUT2D eigenvalue weighted by molar-refractivity contribution is -0.167. The molecule has 0 N–H and O–H groups in total. The molecule has 3 rings (SSSR count). The van der Waals surface area contributed by atoms with Gasteiger partial charge in [-0.1, -0.05) is 13.0 Å². The standard InChI is InChI=1S/C17H25NO3/c1-2-16(14-20-13-15-5-3-4-10-18-15)6-7-17(21-16)8-11-19-12-9-17/h3-5,10H,2,6-9,11-14H2,1H3. The third-order valence-corrected chi connectivity index (χ3v) is 4.86. The van der Waals surface area contributed by atoms with Gasteiger partial charge in [-0.3, -0.25) is 4.98 Å². The van der Waals surface area contributed by atoms with Gasteiger partial charge < -0.3 is 14.2 Å². The molecule has 2 fully saturated rings. The summed E-state index contributed by atoms with van der Waals surface area (Å²) in [5.41, 5.74) is 0.900. The molecule has 0 bridgehead atoms. The fourth-order valence-corrected chi connectivity index (χ4v) is 3.39. The zero-order chi connectivity index (χ0) is 14.6. The molecule has 0 radical (unpaired) electrons. The van der Waals surface area contributed by atoms with E-state index in [9.17, 15) is 0 Å². The minimum Gasteiger partial charge on any atom is -0.381 e. The lowest BCUT2D eigenvalue weighted by atomic mass is 9.89. The van der Waals surface area contributed by atoms with Crippen molar-refractivity contribution >= 4 is 0 Å². The van der Waals surface area contributed by atoms with Gasteiger partial charge in [0.25, 0.3) is 0 Å². The van der Waals surface area contributed by atoms with Crippen molar-refractivity contribution in [2.75, 3.05) is 19.8 Å². The Morgan fingerprint density at radius 1 is 1.19 bits per heavy atom. The van der Waals surface area contributed by atoms with Crippen LogP contribution in [0.15, 0.2) is 24.4 Å². The second-order valence-electron chi connectivity index (χ2n) is 6.25. The molecule has 2 saturated heterocycles. The number of pyridine rings is 1. The summed E-state index contributed by atoms with van der Waals surface area (Å²) >= 11 is 0. The third-order valence-electron chi connectivity index (χ3n) is 4.86. The molecule has 0 saturated carbocycles. The van der Waals surface area contributed by atoms with E-state index in [-0.39, 0.29) is 11.2 Å². The Hall–Kier alpha value is -0.970. The Bertz CT molecular complexity index is 445. The Balaban J connectivity index is 1.55. The molecule has 0 amide bonds. The number of rotatable bonds is 5. The molecule has 2 aliphatic rings. The molecule has 21 heavy (non-hydrogen) atoms. The smallest absolute Gasteiger partial charge is 0.0921 e. The first kappa shape index (κ1) is 14.9. The zero-order valence-electron chi connectivity index (χ0n) is 12.8. The van der Waals surface area contributed by atoms with Crippen LogP contribution in [0.5, 0.6) is 0 Å². The van der Waals surface area contributed by atoms with E-state index in [0.717, 1.165) is 51.0 Å². The number of ether oxygens (including phenoxy) is 3. The van der Waals surface area contributed by atoms with E-state index < -0.39 is 0 Å². The summed E-state index contributed by atoms with van der Waals surface area (Å²) in [6, 6.07) is 5.91. The summed E-state index contributed by atoms with van der Waals surface area (Å²) < 4.78 is 17.9. The van der Waals surface area contributed by atoms with Crippen molar-refractivity contribution in [3.05, 3.63) is 30.1 Å². The molecular weight excluding hydrogens is 266 g/mol. The Kier molecular flexibility index (Phi) is 4.57. The van der Waals surface area contributed by atoms with Crippen molar-refractivity contribution in [3.8, 4) is 0 Å². The van der Waals surface area contributed by atoms with Crippen LogP contribution in [0, 0.1) is 0 Å². The molecule has 2 aliphatic heterocycles. The van der Waals surface area contributed by atoms with Gasteiger partial charge in [-0.2, -0.15) is 0 Å². The maximum Gasteiger partial charge on any atom is 0.0921 e. The maximum atomic E-state index is 6.54. The highest BCUT2D eigenvalue weighted by Gasteiger charge is 2.48. The number of hydrogen-bond acceptors (Lipinski definition) is 4. The van der Waals surface area contributed by atoms with Gasteiger partial charge in [0.05, 0.1) is 30.1 Å². The molecule has 4 nitrogen and oxygen atoms in total. The molecule has 4 heteroatoms. The fourth-order valence-electron chi connectivity index (χ4n) is 3.39. The number of aromatic nitrogens is 1. The van der Waals surface area contributed by atoms with Crippen molar-refractivity contribution in [1.82, 2.24) is 4.98 Å². The van der Waals surface area contributed by atoms with Gasteiger partial charge >= 0.3 is 0 Å². The maximum absolute atomic E-state index is 6.54. The van der Waals surface area contributed by atoms with Gasteiger partial charge in [-0.25, -0.2) is 0 Å². The van der Waals surface area contributed by atoms with Crippen LogP contribution in [0.3, 0.4) is 0 Å². The first-order valence-corrected chi connectivity index (χ1v) is 8.02. The summed E-state index contributed by atoms with van der Waals surface area (Å²) in [6.45, 7) is 5.07. The molecule has 116 valence electrons. The first-order chi connectivity index (χ1) is 10.3. The van der Waals surface area contributed by atoms with Crippen LogP contribution in [0.4, 0.5) is 0 Å². The van der Waals surface area contributed by atoms with E-state index in [1.807, 2.05) is 18.2 Å². The summed E-state index contributed by atoms with van der Waals surface area (Å²) in [5.74, 6) is 0. The molecule has 1 spiro atoms. The van der Waals surface area contributed by atoms with Gasteiger partial charge in [-0.05, 0) is 44.2 Å². The Morgan fingerprint density at radius 2 is 2.05 bits per heavy atom. The average molecular weight is 291 g/mol. The van der Waals surface area contributed by atoms with Crippen LogP contribution >= 0.6 is 0 Å². The van der Waals surface area contributed by atoms with E-state index in [1.165, 1.54) is 0 Å². The summed E-state index contributed by atoms with van der Waals surface area (Å²) in [4.78, 5) is 4.29. The largest absolute Gasteiger partial charge is 0.381 e. The molecule has 1 unspecified atom stereocenters. The number of nitrogens with zero attached hydrogens (tertiary/aromatic N) is 1. The second-order valence-corrected chi connectivity index (χ2v) is 6.25. The van der Waals surface area contributed by atoms with Crippen LogP contribution in [0.2, 0.25) is 0 Å². The monoisotopic (exact) mass is 291 g/mol. The fraction of sp³-hybridized carbons (Fsp3) is 0.706. The molecule has 1 aromatic rings. The predicted octanol–water partition coefficient (Wildman–Crippen LogP) is 3.11. The minimum atomic E-state index is -0.119. The van der Waals surface area contributed by atoms with Crippen molar-refractivity contribution in [3.63, 3.8) is 0 Å². The predicted molar refractivity (Wildman–Crippen MR) is 80.0 cm³/mol. The highest BCUT2D eigenvalue weighted by atomic mass is 16.6. The van der Waals surface area contributed by atoms with Crippen LogP contribution < -0.4 is 0 Å². The first-order valence-electron chi connectivity index (χ1n) is 8.02. The summed E-state index contributed by atoms with van der Waals surface area (Å²) in [5, 5.41) is 0. The van der Waals surface area contributed by atoms with Crippen LogP contribution in [-0.4, -0.2) is 36.0 Å². The third kappa shape index (κ3) is 3.44. The lowest BCUT2D eigenvalue weighted by Gasteiger charge is -2.37. The van der Waals surface area contributed by atoms with E-state index in [0.29, 0.717) is 13.2 Å². The van der Waals surface area contributed by atoms with Crippen LogP contribution in [-0.2, 0) is 20.8 Å². The zero-order valence-corrected chi connectivity index (χ0v) is 12.8. The second kappa shape index (κ2) is 6.42. The molecule has 0 aliphatic carbocycles. The van der Waals surface area contributed by atoms with E-state index in [4.69, 9.17) is 14.2 Å². The van der Waals surface area contributed by atoms with Crippen molar-refractivity contribution < 1.29 is 14.2 Å². The Labute approximate surface area is 126 Å². The summed E-state index contributed by atoms with van der Waals surface area (Å²) in [6.07, 6.45) is 7.07. The molecule has 1 aromatic heterocycles.